The molecule has 0 heterocycles. The number of hydrogen-bond acceptors (Lipinski definition) is 2. The van der Waals surface area contributed by atoms with E-state index in [1.165, 1.54) is 36.4 Å². The lowest BCUT2D eigenvalue weighted by molar-refractivity contribution is -0.137. The molecule has 0 aliphatic heterocycles. The van der Waals surface area contributed by atoms with Crippen molar-refractivity contribution in [1.82, 2.24) is 0 Å². The fraction of sp³-hybridized carbons (Fsp3) is 0.250. The molecule has 0 bridgehead atoms. The molecule has 0 saturated heterocycles. The SMILES string of the molecule is N[C@@H](Cc1ccc(C(F)(F)F)cc1)[C@H](O)c1ccc(F)cc1. The molecule has 6 heteroatoms. The molecule has 2 atom stereocenters. The van der Waals surface area contributed by atoms with Crippen LogP contribution < -0.4 is 5.73 Å². The van der Waals surface area contributed by atoms with Gasteiger partial charge in [0.05, 0.1) is 11.7 Å². The third-order valence-corrected chi connectivity index (χ3v) is 3.37. The Morgan fingerprint density at radius 1 is 0.955 bits per heavy atom. The third-order valence-electron chi connectivity index (χ3n) is 3.37. The number of nitrogens with two attached hydrogens (primary N) is 1. The van der Waals surface area contributed by atoms with Crippen molar-refractivity contribution in [3.63, 3.8) is 0 Å². The second kappa shape index (κ2) is 6.46. The summed E-state index contributed by atoms with van der Waals surface area (Å²) in [6.45, 7) is 0. The molecule has 3 N–H and O–H groups in total. The van der Waals surface area contributed by atoms with E-state index in [1.807, 2.05) is 0 Å². The Bertz CT molecular complexity index is 608. The zero-order valence-corrected chi connectivity index (χ0v) is 11.5. The summed E-state index contributed by atoms with van der Waals surface area (Å²) in [4.78, 5) is 0. The van der Waals surface area contributed by atoms with Gasteiger partial charge in [0.15, 0.2) is 0 Å². The quantitative estimate of drug-likeness (QED) is 0.849. The average Bonchev–Trinajstić information content (AvgIpc) is 2.47. The summed E-state index contributed by atoms with van der Waals surface area (Å²) in [6.07, 6.45) is -5.20. The van der Waals surface area contributed by atoms with Gasteiger partial charge in [0.2, 0.25) is 0 Å². The second-order valence-electron chi connectivity index (χ2n) is 5.06. The minimum atomic E-state index is -4.38. The van der Waals surface area contributed by atoms with E-state index < -0.39 is 29.7 Å². The van der Waals surface area contributed by atoms with Crippen LogP contribution in [0.1, 0.15) is 22.8 Å². The Hall–Kier alpha value is -1.92. The van der Waals surface area contributed by atoms with E-state index in [4.69, 9.17) is 5.73 Å². The van der Waals surface area contributed by atoms with Gasteiger partial charge in [-0.25, -0.2) is 4.39 Å². The number of rotatable bonds is 4. The molecule has 2 nitrogen and oxygen atoms in total. The van der Waals surface area contributed by atoms with Crippen LogP contribution in [0, 0.1) is 5.82 Å². The summed E-state index contributed by atoms with van der Waals surface area (Å²) in [5, 5.41) is 10.1. The van der Waals surface area contributed by atoms with Gasteiger partial charge in [-0.1, -0.05) is 24.3 Å². The maximum absolute atomic E-state index is 12.8. The first kappa shape index (κ1) is 16.5. The molecule has 0 fully saturated rings. The van der Waals surface area contributed by atoms with Crippen LogP contribution >= 0.6 is 0 Å². The molecule has 118 valence electrons. The summed E-state index contributed by atoms with van der Waals surface area (Å²) in [5.41, 5.74) is 6.19. The number of alkyl halides is 3. The van der Waals surface area contributed by atoms with E-state index in [2.05, 4.69) is 0 Å². The van der Waals surface area contributed by atoms with Crippen molar-refractivity contribution in [2.24, 2.45) is 5.73 Å². The Kier molecular flexibility index (Phi) is 4.83. The Morgan fingerprint density at radius 2 is 1.50 bits per heavy atom. The molecule has 0 saturated carbocycles. The molecular weight excluding hydrogens is 298 g/mol. The molecule has 0 aromatic heterocycles. The van der Waals surface area contributed by atoms with Crippen molar-refractivity contribution < 1.29 is 22.7 Å². The van der Waals surface area contributed by atoms with Gasteiger partial charge in [-0.15, -0.1) is 0 Å². The Labute approximate surface area is 125 Å². The van der Waals surface area contributed by atoms with Crippen LogP contribution in [-0.2, 0) is 12.6 Å². The van der Waals surface area contributed by atoms with Crippen molar-refractivity contribution in [3.05, 3.63) is 71.0 Å². The predicted molar refractivity (Wildman–Crippen MR) is 74.5 cm³/mol. The molecule has 0 radical (unpaired) electrons. The lowest BCUT2D eigenvalue weighted by Gasteiger charge is -2.19. The van der Waals surface area contributed by atoms with Gasteiger partial charge in [0, 0.05) is 6.04 Å². The molecule has 0 aliphatic rings. The zero-order chi connectivity index (χ0) is 16.3. The number of benzene rings is 2. The predicted octanol–water partition coefficient (Wildman–Crippen LogP) is 3.45. The smallest absolute Gasteiger partial charge is 0.387 e. The first-order chi connectivity index (χ1) is 10.3. The summed E-state index contributed by atoms with van der Waals surface area (Å²) in [6, 6.07) is 9.19. The molecule has 0 amide bonds. The Morgan fingerprint density at radius 3 is 2.00 bits per heavy atom. The van der Waals surface area contributed by atoms with Crippen LogP contribution in [0.5, 0.6) is 0 Å². The highest BCUT2D eigenvalue weighted by Crippen LogP contribution is 2.29. The summed E-state index contributed by atoms with van der Waals surface area (Å²) >= 11 is 0. The van der Waals surface area contributed by atoms with Crippen molar-refractivity contribution in [2.45, 2.75) is 24.7 Å². The van der Waals surface area contributed by atoms with Crippen molar-refractivity contribution >= 4 is 0 Å². The van der Waals surface area contributed by atoms with Gasteiger partial charge in [-0.3, -0.25) is 0 Å². The highest BCUT2D eigenvalue weighted by atomic mass is 19.4. The molecule has 22 heavy (non-hydrogen) atoms. The first-order valence-corrected chi connectivity index (χ1v) is 6.62. The zero-order valence-electron chi connectivity index (χ0n) is 11.5. The fourth-order valence-electron chi connectivity index (χ4n) is 2.12. The normalized spacial score (nSPS) is 14.6. The second-order valence-corrected chi connectivity index (χ2v) is 5.06. The lowest BCUT2D eigenvalue weighted by Crippen LogP contribution is -2.30. The number of aliphatic hydroxyl groups excluding tert-OH is 1. The van der Waals surface area contributed by atoms with Crippen LogP contribution in [0.15, 0.2) is 48.5 Å². The van der Waals surface area contributed by atoms with Crippen LogP contribution in [0.25, 0.3) is 0 Å². The standard InChI is InChI=1S/C16H15F4NO/c17-13-7-3-11(4-8-13)15(22)14(21)9-10-1-5-12(6-2-10)16(18,19)20/h1-8,14-15,22H,9,21H2/t14-,15+/m0/s1. The monoisotopic (exact) mass is 313 g/mol. The molecule has 0 unspecified atom stereocenters. The Balaban J connectivity index is 2.05. The van der Waals surface area contributed by atoms with Gasteiger partial charge in [-0.2, -0.15) is 13.2 Å². The first-order valence-electron chi connectivity index (χ1n) is 6.62. The van der Waals surface area contributed by atoms with Crippen molar-refractivity contribution in [1.29, 1.82) is 0 Å². The maximum Gasteiger partial charge on any atom is 0.416 e. The maximum atomic E-state index is 12.8. The molecule has 2 aromatic carbocycles. The van der Waals surface area contributed by atoms with Gasteiger partial charge in [-0.05, 0) is 41.8 Å². The lowest BCUT2D eigenvalue weighted by atomic mass is 9.96. The van der Waals surface area contributed by atoms with Gasteiger partial charge in [0.1, 0.15) is 5.82 Å². The molecule has 2 rings (SSSR count). The summed E-state index contributed by atoms with van der Waals surface area (Å²) < 4.78 is 50.2. The van der Waals surface area contributed by atoms with Crippen LogP contribution in [0.3, 0.4) is 0 Å². The largest absolute Gasteiger partial charge is 0.416 e. The van der Waals surface area contributed by atoms with Crippen LogP contribution in [0.2, 0.25) is 0 Å². The third kappa shape index (κ3) is 4.05. The van der Waals surface area contributed by atoms with E-state index >= 15 is 0 Å². The molecule has 0 spiro atoms. The molecular formula is C16H15F4NO. The minimum Gasteiger partial charge on any atom is -0.387 e. The van der Waals surface area contributed by atoms with E-state index in [9.17, 15) is 22.7 Å². The summed E-state index contributed by atoms with van der Waals surface area (Å²) in [7, 11) is 0. The van der Waals surface area contributed by atoms with Crippen molar-refractivity contribution in [3.8, 4) is 0 Å². The highest BCUT2D eigenvalue weighted by molar-refractivity contribution is 5.26. The van der Waals surface area contributed by atoms with Gasteiger partial charge in [0.25, 0.3) is 0 Å². The molecule has 0 aliphatic carbocycles. The summed E-state index contributed by atoms with van der Waals surface area (Å²) in [5.74, 6) is -0.424. The van der Waals surface area contributed by atoms with Gasteiger partial charge < -0.3 is 10.8 Å². The van der Waals surface area contributed by atoms with Crippen molar-refractivity contribution in [2.75, 3.05) is 0 Å². The van der Waals surface area contributed by atoms with Crippen LogP contribution in [0.4, 0.5) is 17.6 Å². The minimum absolute atomic E-state index is 0.205. The fourth-order valence-corrected chi connectivity index (χ4v) is 2.12. The number of halogens is 4. The average molecular weight is 313 g/mol. The van der Waals surface area contributed by atoms with E-state index in [0.29, 0.717) is 11.1 Å². The van der Waals surface area contributed by atoms with E-state index in [-0.39, 0.29) is 6.42 Å². The highest BCUT2D eigenvalue weighted by Gasteiger charge is 2.30. The molecule has 2 aromatic rings. The van der Waals surface area contributed by atoms with E-state index in [1.54, 1.807) is 0 Å². The topological polar surface area (TPSA) is 46.2 Å². The van der Waals surface area contributed by atoms with Crippen LogP contribution in [-0.4, -0.2) is 11.1 Å². The van der Waals surface area contributed by atoms with E-state index in [0.717, 1.165) is 12.1 Å². The number of aliphatic hydroxyl groups is 1. The van der Waals surface area contributed by atoms with Gasteiger partial charge >= 0.3 is 6.18 Å². The number of hydrogen-bond donors (Lipinski definition) is 2.